The van der Waals surface area contributed by atoms with Gasteiger partial charge in [-0.1, -0.05) is 12.1 Å². The van der Waals surface area contributed by atoms with Crippen molar-refractivity contribution in [2.75, 3.05) is 6.61 Å². The first-order valence-corrected chi connectivity index (χ1v) is 7.04. The van der Waals surface area contributed by atoms with Crippen molar-refractivity contribution in [1.82, 2.24) is 5.32 Å². The van der Waals surface area contributed by atoms with Gasteiger partial charge in [0.1, 0.15) is 12.4 Å². The van der Waals surface area contributed by atoms with Crippen LogP contribution in [-0.2, 0) is 11.0 Å². The Hall–Kier alpha value is -1.76. The quantitative estimate of drug-likeness (QED) is 0.812. The van der Waals surface area contributed by atoms with Gasteiger partial charge in [0, 0.05) is 12.5 Å². The number of halogens is 3. The van der Waals surface area contributed by atoms with Crippen LogP contribution in [0.3, 0.4) is 0 Å². The van der Waals surface area contributed by atoms with Crippen molar-refractivity contribution in [2.45, 2.75) is 44.9 Å². The molecule has 1 aromatic carbocycles. The smallest absolute Gasteiger partial charge is 0.419 e. The predicted octanol–water partition coefficient (Wildman–Crippen LogP) is 2.72. The fourth-order valence-corrected chi connectivity index (χ4v) is 1.79. The van der Waals surface area contributed by atoms with Crippen molar-refractivity contribution >= 4 is 5.91 Å². The normalized spacial score (nSPS) is 14.3. The van der Waals surface area contributed by atoms with Gasteiger partial charge < -0.3 is 15.8 Å². The number of rotatable bonds is 7. The molecule has 7 heteroatoms. The molecule has 0 fully saturated rings. The summed E-state index contributed by atoms with van der Waals surface area (Å²) < 4.78 is 43.6. The molecular weight excluding hydrogens is 297 g/mol. The first-order chi connectivity index (χ1) is 10.2. The molecule has 0 aliphatic heterocycles. The molecule has 2 unspecified atom stereocenters. The molecule has 1 rings (SSSR count). The van der Waals surface area contributed by atoms with Crippen molar-refractivity contribution in [1.29, 1.82) is 0 Å². The fourth-order valence-electron chi connectivity index (χ4n) is 1.79. The van der Waals surface area contributed by atoms with Gasteiger partial charge in [0.05, 0.1) is 11.6 Å². The Morgan fingerprint density at radius 1 is 1.32 bits per heavy atom. The molecular formula is C15H21F3N2O2. The Labute approximate surface area is 127 Å². The maximum Gasteiger partial charge on any atom is 0.419 e. The minimum atomic E-state index is -4.47. The molecule has 0 bridgehead atoms. The van der Waals surface area contributed by atoms with Gasteiger partial charge in [-0.15, -0.1) is 0 Å². The van der Waals surface area contributed by atoms with Gasteiger partial charge in [-0.25, -0.2) is 0 Å². The molecule has 4 nitrogen and oxygen atoms in total. The van der Waals surface area contributed by atoms with E-state index in [0.29, 0.717) is 6.42 Å². The summed E-state index contributed by atoms with van der Waals surface area (Å²) in [7, 11) is 0. The highest BCUT2D eigenvalue weighted by molar-refractivity contribution is 5.76. The summed E-state index contributed by atoms with van der Waals surface area (Å²) in [6.07, 6.45) is -3.64. The summed E-state index contributed by atoms with van der Waals surface area (Å²) in [4.78, 5) is 11.6. The molecule has 22 heavy (non-hydrogen) atoms. The van der Waals surface area contributed by atoms with Crippen LogP contribution in [-0.4, -0.2) is 24.6 Å². The van der Waals surface area contributed by atoms with E-state index in [9.17, 15) is 18.0 Å². The minimum absolute atomic E-state index is 0.0446. The van der Waals surface area contributed by atoms with Gasteiger partial charge in [-0.2, -0.15) is 13.2 Å². The van der Waals surface area contributed by atoms with E-state index in [1.807, 2.05) is 0 Å². The Kier molecular flexibility index (Phi) is 6.67. The minimum Gasteiger partial charge on any atom is -0.491 e. The molecule has 0 saturated heterocycles. The van der Waals surface area contributed by atoms with Crippen LogP contribution in [0.1, 0.15) is 32.3 Å². The van der Waals surface area contributed by atoms with Crippen LogP contribution in [0, 0.1) is 0 Å². The van der Waals surface area contributed by atoms with Crippen LogP contribution in [0.5, 0.6) is 5.75 Å². The Balaban J connectivity index is 2.51. The third kappa shape index (κ3) is 6.34. The summed E-state index contributed by atoms with van der Waals surface area (Å²) in [6, 6.07) is 4.51. The summed E-state index contributed by atoms with van der Waals surface area (Å²) in [5.74, 6) is -0.441. The van der Waals surface area contributed by atoms with Crippen LogP contribution in [0.4, 0.5) is 13.2 Å². The molecule has 0 saturated carbocycles. The summed E-state index contributed by atoms with van der Waals surface area (Å²) >= 11 is 0. The Bertz CT molecular complexity index is 490. The molecule has 0 aliphatic rings. The number of nitrogens with two attached hydrogens (primary N) is 1. The van der Waals surface area contributed by atoms with E-state index in [4.69, 9.17) is 10.5 Å². The zero-order chi connectivity index (χ0) is 16.8. The molecule has 1 aromatic rings. The van der Waals surface area contributed by atoms with Crippen molar-refractivity contribution in [3.8, 4) is 5.75 Å². The number of carbonyl (C=O) groups is 1. The standard InChI is InChI=1S/C15H21F3N2O2/c1-10(19)7-8-14(21)20-11(2)9-22-13-6-4-3-5-12(13)15(16,17)18/h3-6,10-11H,7-9,19H2,1-2H3,(H,20,21). The van der Waals surface area contributed by atoms with Crippen LogP contribution in [0.25, 0.3) is 0 Å². The van der Waals surface area contributed by atoms with Gasteiger partial charge in [0.25, 0.3) is 0 Å². The van der Waals surface area contributed by atoms with Crippen LogP contribution >= 0.6 is 0 Å². The van der Waals surface area contributed by atoms with Crippen LogP contribution in [0.15, 0.2) is 24.3 Å². The van der Waals surface area contributed by atoms with E-state index in [1.54, 1.807) is 13.8 Å². The first-order valence-electron chi connectivity index (χ1n) is 7.04. The summed E-state index contributed by atoms with van der Waals surface area (Å²) in [6.45, 7) is 3.42. The second-order valence-corrected chi connectivity index (χ2v) is 5.29. The monoisotopic (exact) mass is 318 g/mol. The molecule has 0 aliphatic carbocycles. The van der Waals surface area contributed by atoms with E-state index >= 15 is 0 Å². The molecule has 124 valence electrons. The Morgan fingerprint density at radius 2 is 1.95 bits per heavy atom. The second-order valence-electron chi connectivity index (χ2n) is 5.29. The molecule has 0 aromatic heterocycles. The highest BCUT2D eigenvalue weighted by atomic mass is 19.4. The lowest BCUT2D eigenvalue weighted by Gasteiger charge is -2.18. The van der Waals surface area contributed by atoms with E-state index in [1.165, 1.54) is 18.2 Å². The van der Waals surface area contributed by atoms with E-state index in [-0.39, 0.29) is 30.7 Å². The summed E-state index contributed by atoms with van der Waals surface area (Å²) in [5.41, 5.74) is 4.72. The van der Waals surface area contributed by atoms with E-state index < -0.39 is 17.8 Å². The maximum absolute atomic E-state index is 12.8. The lowest BCUT2D eigenvalue weighted by molar-refractivity contribution is -0.139. The summed E-state index contributed by atoms with van der Waals surface area (Å²) in [5, 5.41) is 2.66. The number of benzene rings is 1. The van der Waals surface area contributed by atoms with Crippen LogP contribution < -0.4 is 15.8 Å². The van der Waals surface area contributed by atoms with Crippen molar-refractivity contribution < 1.29 is 22.7 Å². The van der Waals surface area contributed by atoms with Gasteiger partial charge >= 0.3 is 6.18 Å². The zero-order valence-corrected chi connectivity index (χ0v) is 12.6. The molecule has 0 heterocycles. The Morgan fingerprint density at radius 3 is 2.55 bits per heavy atom. The number of amides is 1. The number of ether oxygens (including phenoxy) is 1. The molecule has 0 radical (unpaired) electrons. The van der Waals surface area contributed by atoms with Gasteiger partial charge in [-0.3, -0.25) is 4.79 Å². The second kappa shape index (κ2) is 8.03. The number of hydrogen-bond acceptors (Lipinski definition) is 3. The third-order valence-corrected chi connectivity index (χ3v) is 2.92. The number of hydrogen-bond donors (Lipinski definition) is 2. The average molecular weight is 318 g/mol. The van der Waals surface area contributed by atoms with Gasteiger partial charge in [0.2, 0.25) is 5.91 Å². The van der Waals surface area contributed by atoms with Gasteiger partial charge in [0.15, 0.2) is 0 Å². The largest absolute Gasteiger partial charge is 0.491 e. The lowest BCUT2D eigenvalue weighted by Crippen LogP contribution is -2.37. The number of nitrogens with one attached hydrogen (secondary N) is 1. The van der Waals surface area contributed by atoms with E-state index in [2.05, 4.69) is 5.32 Å². The van der Waals surface area contributed by atoms with Crippen molar-refractivity contribution in [2.24, 2.45) is 5.73 Å². The lowest BCUT2D eigenvalue weighted by atomic mass is 10.2. The first kappa shape index (κ1) is 18.3. The van der Waals surface area contributed by atoms with Crippen molar-refractivity contribution in [3.63, 3.8) is 0 Å². The number of carbonyl (C=O) groups excluding carboxylic acids is 1. The molecule has 2 atom stereocenters. The van der Waals surface area contributed by atoms with E-state index in [0.717, 1.165) is 6.07 Å². The van der Waals surface area contributed by atoms with Crippen molar-refractivity contribution in [3.05, 3.63) is 29.8 Å². The molecule has 1 amide bonds. The van der Waals surface area contributed by atoms with Gasteiger partial charge in [-0.05, 0) is 32.4 Å². The average Bonchev–Trinajstić information content (AvgIpc) is 2.42. The third-order valence-electron chi connectivity index (χ3n) is 2.92. The highest BCUT2D eigenvalue weighted by Gasteiger charge is 2.34. The SMILES string of the molecule is CC(N)CCC(=O)NC(C)COc1ccccc1C(F)(F)F. The fraction of sp³-hybridized carbons (Fsp3) is 0.533. The highest BCUT2D eigenvalue weighted by Crippen LogP contribution is 2.35. The van der Waals surface area contributed by atoms with Crippen LogP contribution in [0.2, 0.25) is 0 Å². The zero-order valence-electron chi connectivity index (χ0n) is 12.6. The maximum atomic E-state index is 12.8. The predicted molar refractivity (Wildman–Crippen MR) is 77.4 cm³/mol. The molecule has 3 N–H and O–H groups in total. The number of alkyl halides is 3. The number of para-hydroxylation sites is 1. The molecule has 0 spiro atoms. The topological polar surface area (TPSA) is 64.4 Å².